The summed E-state index contributed by atoms with van der Waals surface area (Å²) in [5, 5.41) is 6.72. The standard InChI is InChI=1S/C18H40N4O.HI/c1-15(2)14-23-13-9-11-21-18(19-7)20-10-8-12-22(16(3)4)17(5)6;/h15-17H,8-14H2,1-7H3,(H2,19,20,21);1H. The lowest BCUT2D eigenvalue weighted by molar-refractivity contribution is 0.108. The summed E-state index contributed by atoms with van der Waals surface area (Å²) in [5.41, 5.74) is 0. The van der Waals surface area contributed by atoms with Gasteiger partial charge in [0.05, 0.1) is 0 Å². The maximum Gasteiger partial charge on any atom is 0.190 e. The Kier molecular flexibility index (Phi) is 17.9. The van der Waals surface area contributed by atoms with Crippen LogP contribution in [0.3, 0.4) is 0 Å². The average molecular weight is 456 g/mol. The lowest BCUT2D eigenvalue weighted by Crippen LogP contribution is -2.41. The zero-order valence-corrected chi connectivity index (χ0v) is 19.2. The number of aliphatic imine (C=N–C) groups is 1. The zero-order chi connectivity index (χ0) is 17.7. The largest absolute Gasteiger partial charge is 0.381 e. The highest BCUT2D eigenvalue weighted by Crippen LogP contribution is 2.05. The van der Waals surface area contributed by atoms with Crippen LogP contribution in [0, 0.1) is 5.92 Å². The van der Waals surface area contributed by atoms with Crippen molar-refractivity contribution in [1.82, 2.24) is 15.5 Å². The third-order valence-corrected chi connectivity index (χ3v) is 3.64. The van der Waals surface area contributed by atoms with Crippen molar-refractivity contribution in [2.45, 2.75) is 66.5 Å². The summed E-state index contributed by atoms with van der Waals surface area (Å²) >= 11 is 0. The van der Waals surface area contributed by atoms with E-state index in [4.69, 9.17) is 4.74 Å². The monoisotopic (exact) mass is 456 g/mol. The number of rotatable bonds is 12. The second-order valence-electron chi connectivity index (χ2n) is 7.03. The molecule has 0 radical (unpaired) electrons. The van der Waals surface area contributed by atoms with Crippen LogP contribution in [-0.2, 0) is 4.74 Å². The van der Waals surface area contributed by atoms with E-state index in [1.807, 2.05) is 7.05 Å². The van der Waals surface area contributed by atoms with Crippen LogP contribution in [0.1, 0.15) is 54.4 Å². The molecular formula is C18H41IN4O. The summed E-state index contributed by atoms with van der Waals surface area (Å²) in [6, 6.07) is 1.19. The van der Waals surface area contributed by atoms with Crippen molar-refractivity contribution in [3.05, 3.63) is 0 Å². The van der Waals surface area contributed by atoms with Crippen molar-refractivity contribution in [2.75, 3.05) is 39.9 Å². The van der Waals surface area contributed by atoms with Crippen molar-refractivity contribution in [1.29, 1.82) is 0 Å². The molecule has 0 aliphatic rings. The molecule has 0 aromatic heterocycles. The minimum Gasteiger partial charge on any atom is -0.381 e. The molecule has 6 heteroatoms. The van der Waals surface area contributed by atoms with Gasteiger partial charge in [-0.15, -0.1) is 24.0 Å². The van der Waals surface area contributed by atoms with Gasteiger partial charge in [0.1, 0.15) is 0 Å². The molecule has 0 aliphatic carbocycles. The number of hydrogen-bond acceptors (Lipinski definition) is 3. The molecule has 0 heterocycles. The van der Waals surface area contributed by atoms with E-state index < -0.39 is 0 Å². The first-order chi connectivity index (χ1) is 10.9. The summed E-state index contributed by atoms with van der Waals surface area (Å²) in [6.45, 7) is 18.0. The first kappa shape index (κ1) is 26.2. The molecule has 0 amide bonds. The molecule has 0 fully saturated rings. The second-order valence-corrected chi connectivity index (χ2v) is 7.03. The smallest absolute Gasteiger partial charge is 0.190 e. The van der Waals surface area contributed by atoms with Crippen LogP contribution in [-0.4, -0.2) is 62.8 Å². The van der Waals surface area contributed by atoms with Crippen LogP contribution < -0.4 is 10.6 Å². The predicted molar refractivity (Wildman–Crippen MR) is 117 cm³/mol. The van der Waals surface area contributed by atoms with E-state index in [1.165, 1.54) is 0 Å². The van der Waals surface area contributed by atoms with Gasteiger partial charge < -0.3 is 15.4 Å². The Morgan fingerprint density at radius 3 is 1.96 bits per heavy atom. The Morgan fingerprint density at radius 2 is 1.50 bits per heavy atom. The second kappa shape index (κ2) is 16.4. The predicted octanol–water partition coefficient (Wildman–Crippen LogP) is 3.34. The van der Waals surface area contributed by atoms with Crippen LogP contribution in [0.5, 0.6) is 0 Å². The number of halogens is 1. The van der Waals surface area contributed by atoms with E-state index in [1.54, 1.807) is 0 Å². The third-order valence-electron chi connectivity index (χ3n) is 3.64. The van der Waals surface area contributed by atoms with E-state index in [2.05, 4.69) is 62.1 Å². The van der Waals surface area contributed by atoms with E-state index in [-0.39, 0.29) is 24.0 Å². The molecule has 2 N–H and O–H groups in total. The molecule has 0 atom stereocenters. The fourth-order valence-corrected chi connectivity index (χ4v) is 2.50. The minimum absolute atomic E-state index is 0. The Labute approximate surface area is 167 Å². The first-order valence-corrected chi connectivity index (χ1v) is 9.16. The van der Waals surface area contributed by atoms with Gasteiger partial charge in [-0.25, -0.2) is 0 Å². The van der Waals surface area contributed by atoms with Crippen LogP contribution in [0.4, 0.5) is 0 Å². The number of hydrogen-bond donors (Lipinski definition) is 2. The highest BCUT2D eigenvalue weighted by Gasteiger charge is 2.12. The van der Waals surface area contributed by atoms with Crippen molar-refractivity contribution in [3.8, 4) is 0 Å². The van der Waals surface area contributed by atoms with Crippen molar-refractivity contribution < 1.29 is 4.74 Å². The quantitative estimate of drug-likeness (QED) is 0.205. The minimum atomic E-state index is 0. The molecule has 24 heavy (non-hydrogen) atoms. The summed E-state index contributed by atoms with van der Waals surface area (Å²) in [7, 11) is 1.82. The zero-order valence-electron chi connectivity index (χ0n) is 16.9. The van der Waals surface area contributed by atoms with E-state index >= 15 is 0 Å². The molecule has 0 aliphatic heterocycles. The summed E-state index contributed by atoms with van der Waals surface area (Å²) in [4.78, 5) is 6.78. The Balaban J connectivity index is 0. The van der Waals surface area contributed by atoms with Gasteiger partial charge in [0.25, 0.3) is 0 Å². The Morgan fingerprint density at radius 1 is 0.958 bits per heavy atom. The maximum absolute atomic E-state index is 5.57. The number of nitrogens with zero attached hydrogens (tertiary/aromatic N) is 2. The Bertz CT molecular complexity index is 301. The van der Waals surface area contributed by atoms with Crippen molar-refractivity contribution in [3.63, 3.8) is 0 Å². The third kappa shape index (κ3) is 14.3. The van der Waals surface area contributed by atoms with Crippen LogP contribution in [0.15, 0.2) is 4.99 Å². The topological polar surface area (TPSA) is 48.9 Å². The molecule has 0 aromatic rings. The van der Waals surface area contributed by atoms with Crippen molar-refractivity contribution >= 4 is 29.9 Å². The molecule has 0 saturated carbocycles. The number of guanidine groups is 1. The molecule has 0 saturated heterocycles. The SMILES string of the molecule is CN=C(NCCCOCC(C)C)NCCCN(C(C)C)C(C)C.I. The molecule has 5 nitrogen and oxygen atoms in total. The van der Waals surface area contributed by atoms with Gasteiger partial charge in [-0.05, 0) is 46.5 Å². The average Bonchev–Trinajstić information content (AvgIpc) is 2.47. The van der Waals surface area contributed by atoms with Crippen LogP contribution >= 0.6 is 24.0 Å². The summed E-state index contributed by atoms with van der Waals surface area (Å²) in [6.07, 6.45) is 2.12. The molecule has 0 unspecified atom stereocenters. The summed E-state index contributed by atoms with van der Waals surface area (Å²) in [5.74, 6) is 1.49. The van der Waals surface area contributed by atoms with Gasteiger partial charge in [-0.3, -0.25) is 9.89 Å². The highest BCUT2D eigenvalue weighted by molar-refractivity contribution is 14.0. The van der Waals surface area contributed by atoms with Crippen LogP contribution in [0.25, 0.3) is 0 Å². The summed E-state index contributed by atoms with van der Waals surface area (Å²) < 4.78 is 5.57. The van der Waals surface area contributed by atoms with E-state index in [9.17, 15) is 0 Å². The molecular weight excluding hydrogens is 415 g/mol. The molecule has 0 spiro atoms. The lowest BCUT2D eigenvalue weighted by atomic mass is 10.2. The van der Waals surface area contributed by atoms with E-state index in [0.717, 1.165) is 51.6 Å². The van der Waals surface area contributed by atoms with Gasteiger partial charge in [0, 0.05) is 52.0 Å². The van der Waals surface area contributed by atoms with E-state index in [0.29, 0.717) is 18.0 Å². The van der Waals surface area contributed by atoms with Gasteiger partial charge in [0.2, 0.25) is 0 Å². The first-order valence-electron chi connectivity index (χ1n) is 9.16. The van der Waals surface area contributed by atoms with Gasteiger partial charge in [-0.2, -0.15) is 0 Å². The Hall–Kier alpha value is -0.0800. The molecule has 0 bridgehead atoms. The fourth-order valence-electron chi connectivity index (χ4n) is 2.50. The number of ether oxygens (including phenoxy) is 1. The van der Waals surface area contributed by atoms with Gasteiger partial charge in [-0.1, -0.05) is 13.8 Å². The van der Waals surface area contributed by atoms with Gasteiger partial charge in [0.15, 0.2) is 5.96 Å². The fraction of sp³-hybridized carbons (Fsp3) is 0.944. The molecule has 0 rings (SSSR count). The normalized spacial score (nSPS) is 12.2. The maximum atomic E-state index is 5.57. The molecule has 0 aromatic carbocycles. The lowest BCUT2D eigenvalue weighted by Gasteiger charge is -2.30. The number of nitrogens with one attached hydrogen (secondary N) is 2. The van der Waals surface area contributed by atoms with Gasteiger partial charge >= 0.3 is 0 Å². The highest BCUT2D eigenvalue weighted by atomic mass is 127. The van der Waals surface area contributed by atoms with Crippen molar-refractivity contribution in [2.24, 2.45) is 10.9 Å². The molecule has 146 valence electrons. The van der Waals surface area contributed by atoms with Crippen LogP contribution in [0.2, 0.25) is 0 Å².